The number of nitrogen functional groups attached to an aromatic ring is 1. The molecule has 0 aliphatic rings. The zero-order valence-corrected chi connectivity index (χ0v) is 11.0. The van der Waals surface area contributed by atoms with Crippen molar-refractivity contribution in [1.29, 1.82) is 0 Å². The number of hydrogen-bond donors (Lipinski definition) is 2. The van der Waals surface area contributed by atoms with Gasteiger partial charge in [0.25, 0.3) is 0 Å². The van der Waals surface area contributed by atoms with Crippen LogP contribution in [0.25, 0.3) is 6.08 Å². The van der Waals surface area contributed by atoms with Crippen LogP contribution in [-0.4, -0.2) is 17.0 Å². The number of carboxylic acid groups (broad SMARTS) is 1. The Balaban J connectivity index is 2.14. The number of carbonyl (C=O) groups excluding carboxylic acids is 1. The number of anilines is 1. The van der Waals surface area contributed by atoms with Crippen molar-refractivity contribution in [2.24, 2.45) is 0 Å². The van der Waals surface area contributed by atoms with Crippen LogP contribution in [0.5, 0.6) is 5.75 Å². The van der Waals surface area contributed by atoms with Crippen LogP contribution in [0.3, 0.4) is 0 Å². The Bertz CT molecular complexity index is 707. The highest BCUT2D eigenvalue weighted by Crippen LogP contribution is 2.17. The molecule has 0 aliphatic carbocycles. The van der Waals surface area contributed by atoms with Crippen molar-refractivity contribution in [2.75, 3.05) is 5.73 Å². The fourth-order valence-corrected chi connectivity index (χ4v) is 1.68. The molecule has 0 heterocycles. The summed E-state index contributed by atoms with van der Waals surface area (Å²) in [5.41, 5.74) is 7.05. The topological polar surface area (TPSA) is 89.6 Å². The van der Waals surface area contributed by atoms with Gasteiger partial charge in [-0.3, -0.25) is 0 Å². The van der Waals surface area contributed by atoms with Gasteiger partial charge in [0, 0.05) is 11.8 Å². The number of carboxylic acids is 1. The molecule has 0 spiro atoms. The van der Waals surface area contributed by atoms with Gasteiger partial charge in [0.2, 0.25) is 0 Å². The van der Waals surface area contributed by atoms with Gasteiger partial charge in [-0.15, -0.1) is 0 Å². The fraction of sp³-hybridized carbons (Fsp3) is 0. The van der Waals surface area contributed by atoms with Gasteiger partial charge in [0.1, 0.15) is 5.75 Å². The highest BCUT2D eigenvalue weighted by molar-refractivity contribution is 5.92. The van der Waals surface area contributed by atoms with Crippen molar-refractivity contribution in [3.8, 4) is 5.75 Å². The molecule has 0 saturated heterocycles. The minimum atomic E-state index is -1.04. The van der Waals surface area contributed by atoms with Crippen molar-refractivity contribution in [3.63, 3.8) is 0 Å². The first kappa shape index (κ1) is 14.3. The van der Waals surface area contributed by atoms with E-state index in [2.05, 4.69) is 0 Å². The molecule has 0 fully saturated rings. The lowest BCUT2D eigenvalue weighted by Crippen LogP contribution is -2.08. The summed E-state index contributed by atoms with van der Waals surface area (Å²) in [4.78, 5) is 22.4. The molecule has 21 heavy (non-hydrogen) atoms. The Morgan fingerprint density at radius 3 is 2.57 bits per heavy atom. The maximum absolute atomic E-state index is 12.0. The molecule has 5 heteroatoms. The molecule has 0 bridgehead atoms. The van der Waals surface area contributed by atoms with E-state index in [9.17, 15) is 9.59 Å². The van der Waals surface area contributed by atoms with Gasteiger partial charge in [0.05, 0.1) is 5.56 Å². The minimum Gasteiger partial charge on any atom is -0.478 e. The molecule has 0 amide bonds. The van der Waals surface area contributed by atoms with E-state index in [0.717, 1.165) is 6.08 Å². The molecule has 0 saturated carbocycles. The third-order valence-corrected chi connectivity index (χ3v) is 2.61. The Morgan fingerprint density at radius 1 is 1.10 bits per heavy atom. The Labute approximate surface area is 121 Å². The molecule has 3 N–H and O–H groups in total. The molecule has 106 valence electrons. The maximum Gasteiger partial charge on any atom is 0.343 e. The van der Waals surface area contributed by atoms with Gasteiger partial charge in [-0.25, -0.2) is 9.59 Å². The molecule has 2 aromatic rings. The van der Waals surface area contributed by atoms with Crippen LogP contribution in [0.15, 0.2) is 54.6 Å². The molecular weight excluding hydrogens is 270 g/mol. The van der Waals surface area contributed by atoms with Gasteiger partial charge >= 0.3 is 11.9 Å². The Hall–Kier alpha value is -3.08. The monoisotopic (exact) mass is 283 g/mol. The summed E-state index contributed by atoms with van der Waals surface area (Å²) in [5, 5.41) is 8.58. The quantitative estimate of drug-likeness (QED) is 0.389. The molecule has 0 atom stereocenters. The zero-order chi connectivity index (χ0) is 15.2. The minimum absolute atomic E-state index is 0.329. The molecule has 0 radical (unpaired) electrons. The number of aliphatic carboxylic acids is 1. The first-order valence-corrected chi connectivity index (χ1v) is 6.13. The highest BCUT2D eigenvalue weighted by atomic mass is 16.5. The summed E-state index contributed by atoms with van der Waals surface area (Å²) >= 11 is 0. The Morgan fingerprint density at radius 2 is 1.86 bits per heavy atom. The first-order chi connectivity index (χ1) is 10.0. The molecule has 2 aromatic carbocycles. The average molecular weight is 283 g/mol. The van der Waals surface area contributed by atoms with Crippen LogP contribution in [-0.2, 0) is 4.79 Å². The molecular formula is C16H13NO4. The van der Waals surface area contributed by atoms with E-state index in [1.54, 1.807) is 42.5 Å². The second kappa shape index (κ2) is 6.38. The second-order valence-electron chi connectivity index (χ2n) is 4.26. The Kier molecular flexibility index (Phi) is 4.36. The number of ether oxygens (including phenoxy) is 1. The van der Waals surface area contributed by atoms with E-state index in [1.807, 2.05) is 0 Å². The van der Waals surface area contributed by atoms with E-state index in [1.165, 1.54) is 12.1 Å². The summed E-state index contributed by atoms with van der Waals surface area (Å²) in [6, 6.07) is 13.0. The van der Waals surface area contributed by atoms with Crippen LogP contribution < -0.4 is 10.5 Å². The van der Waals surface area contributed by atoms with Crippen molar-refractivity contribution in [1.82, 2.24) is 0 Å². The number of carbonyl (C=O) groups is 2. The fourth-order valence-electron chi connectivity index (χ4n) is 1.68. The predicted octanol–water partition coefficient (Wildman–Crippen LogP) is 2.59. The lowest BCUT2D eigenvalue weighted by molar-refractivity contribution is -0.131. The third kappa shape index (κ3) is 4.21. The predicted molar refractivity (Wildman–Crippen MR) is 78.9 cm³/mol. The molecule has 0 unspecified atom stereocenters. The molecule has 0 aliphatic heterocycles. The summed E-state index contributed by atoms with van der Waals surface area (Å²) in [6.07, 6.45) is 2.43. The lowest BCUT2D eigenvalue weighted by atomic mass is 10.2. The van der Waals surface area contributed by atoms with Crippen LogP contribution in [0.1, 0.15) is 15.9 Å². The van der Waals surface area contributed by atoms with E-state index in [0.29, 0.717) is 22.6 Å². The summed E-state index contributed by atoms with van der Waals surface area (Å²) in [6.45, 7) is 0. The van der Waals surface area contributed by atoms with Gasteiger partial charge < -0.3 is 15.6 Å². The maximum atomic E-state index is 12.0. The largest absolute Gasteiger partial charge is 0.478 e. The van der Waals surface area contributed by atoms with Crippen LogP contribution in [0.2, 0.25) is 0 Å². The van der Waals surface area contributed by atoms with Crippen molar-refractivity contribution < 1.29 is 19.4 Å². The standard InChI is InChI=1S/C16H13NO4/c17-13-5-2-4-12(10-13)16(20)21-14-6-1-3-11(9-14)7-8-15(18)19/h1-10H,17H2,(H,18,19). The SMILES string of the molecule is Nc1cccc(C(=O)Oc2cccc(C=CC(=O)O)c2)c1. The van der Waals surface area contributed by atoms with E-state index in [-0.39, 0.29) is 0 Å². The highest BCUT2D eigenvalue weighted by Gasteiger charge is 2.08. The van der Waals surface area contributed by atoms with Crippen molar-refractivity contribution in [3.05, 3.63) is 65.7 Å². The molecule has 0 aromatic heterocycles. The van der Waals surface area contributed by atoms with Crippen LogP contribution in [0.4, 0.5) is 5.69 Å². The van der Waals surface area contributed by atoms with Gasteiger partial charge in [-0.05, 0) is 42.0 Å². The zero-order valence-electron chi connectivity index (χ0n) is 11.0. The average Bonchev–Trinajstić information content (AvgIpc) is 2.45. The van der Waals surface area contributed by atoms with Crippen molar-refractivity contribution >= 4 is 23.7 Å². The van der Waals surface area contributed by atoms with Gasteiger partial charge in [0.15, 0.2) is 0 Å². The first-order valence-electron chi connectivity index (χ1n) is 6.13. The van der Waals surface area contributed by atoms with Crippen LogP contribution >= 0.6 is 0 Å². The summed E-state index contributed by atoms with van der Waals surface area (Å²) in [5.74, 6) is -1.24. The van der Waals surface area contributed by atoms with Gasteiger partial charge in [-0.1, -0.05) is 18.2 Å². The third-order valence-electron chi connectivity index (χ3n) is 2.61. The molecule has 2 rings (SSSR count). The number of nitrogens with two attached hydrogens (primary N) is 1. The smallest absolute Gasteiger partial charge is 0.343 e. The second-order valence-corrected chi connectivity index (χ2v) is 4.26. The van der Waals surface area contributed by atoms with Crippen molar-refractivity contribution in [2.45, 2.75) is 0 Å². The number of esters is 1. The normalized spacial score (nSPS) is 10.5. The summed E-state index contributed by atoms with van der Waals surface area (Å²) < 4.78 is 5.23. The van der Waals surface area contributed by atoms with E-state index in [4.69, 9.17) is 15.6 Å². The van der Waals surface area contributed by atoms with E-state index < -0.39 is 11.9 Å². The van der Waals surface area contributed by atoms with E-state index >= 15 is 0 Å². The lowest BCUT2D eigenvalue weighted by Gasteiger charge is -2.05. The number of benzene rings is 2. The molecule has 5 nitrogen and oxygen atoms in total. The van der Waals surface area contributed by atoms with Crippen LogP contribution in [0, 0.1) is 0 Å². The summed E-state index contributed by atoms with van der Waals surface area (Å²) in [7, 11) is 0. The van der Waals surface area contributed by atoms with Gasteiger partial charge in [-0.2, -0.15) is 0 Å². The number of rotatable bonds is 4. The number of hydrogen-bond acceptors (Lipinski definition) is 4.